The zero-order valence-electron chi connectivity index (χ0n) is 12.2. The van der Waals surface area contributed by atoms with Crippen molar-refractivity contribution in [1.82, 2.24) is 5.32 Å². The van der Waals surface area contributed by atoms with E-state index in [1.807, 2.05) is 32.0 Å². The van der Waals surface area contributed by atoms with Gasteiger partial charge in [-0.3, -0.25) is 0 Å². The van der Waals surface area contributed by atoms with E-state index in [2.05, 4.69) is 28.9 Å². The van der Waals surface area contributed by atoms with Crippen molar-refractivity contribution in [3.63, 3.8) is 0 Å². The molecule has 0 saturated carbocycles. The first kappa shape index (κ1) is 14.2. The number of rotatable bonds is 4. The van der Waals surface area contributed by atoms with Crippen LogP contribution in [0.5, 0.6) is 0 Å². The van der Waals surface area contributed by atoms with Gasteiger partial charge in [-0.15, -0.1) is 11.3 Å². The fourth-order valence-corrected chi connectivity index (χ4v) is 3.65. The van der Waals surface area contributed by atoms with E-state index in [1.54, 1.807) is 17.4 Å². The van der Waals surface area contributed by atoms with E-state index in [4.69, 9.17) is 0 Å². The summed E-state index contributed by atoms with van der Waals surface area (Å²) in [5, 5.41) is 6.73. The number of aryl methyl sites for hydroxylation is 1. The number of halogens is 1. The number of hydrogen-bond donors (Lipinski definition) is 1. The minimum absolute atomic E-state index is 0.113. The molecule has 1 nitrogen and oxygen atoms in total. The van der Waals surface area contributed by atoms with Gasteiger partial charge in [-0.1, -0.05) is 37.3 Å². The van der Waals surface area contributed by atoms with E-state index in [-0.39, 0.29) is 11.9 Å². The highest BCUT2D eigenvalue weighted by atomic mass is 32.1. The molecule has 3 heteroatoms. The molecule has 1 aromatic heterocycles. The molecule has 108 valence electrons. The maximum atomic E-state index is 14.4. The van der Waals surface area contributed by atoms with E-state index in [0.717, 1.165) is 17.7 Å². The Morgan fingerprint density at radius 2 is 2.00 bits per heavy atom. The third-order valence-electron chi connectivity index (χ3n) is 3.70. The first-order chi connectivity index (χ1) is 10.2. The van der Waals surface area contributed by atoms with E-state index in [9.17, 15) is 4.39 Å². The van der Waals surface area contributed by atoms with Crippen LogP contribution in [-0.4, -0.2) is 6.54 Å². The third kappa shape index (κ3) is 2.71. The first-order valence-corrected chi connectivity index (χ1v) is 8.04. The Hall–Kier alpha value is -1.71. The molecule has 3 aromatic rings. The monoisotopic (exact) mass is 299 g/mol. The highest BCUT2D eigenvalue weighted by molar-refractivity contribution is 7.17. The molecule has 0 bridgehead atoms. The predicted molar refractivity (Wildman–Crippen MR) is 88.5 cm³/mol. The molecule has 0 aliphatic carbocycles. The minimum Gasteiger partial charge on any atom is -0.306 e. The Bertz CT molecular complexity index is 763. The molecule has 3 rings (SSSR count). The van der Waals surface area contributed by atoms with Crippen LogP contribution in [-0.2, 0) is 0 Å². The van der Waals surface area contributed by atoms with Crippen LogP contribution in [0.15, 0.2) is 47.8 Å². The number of fused-ring (bicyclic) bond motifs is 1. The second kappa shape index (κ2) is 5.96. The number of hydrogen-bond acceptors (Lipinski definition) is 2. The zero-order valence-corrected chi connectivity index (χ0v) is 13.0. The summed E-state index contributed by atoms with van der Waals surface area (Å²) in [6, 6.07) is 13.7. The molecule has 0 fully saturated rings. The van der Waals surface area contributed by atoms with E-state index in [1.165, 1.54) is 10.1 Å². The van der Waals surface area contributed by atoms with Gasteiger partial charge in [-0.25, -0.2) is 4.39 Å². The van der Waals surface area contributed by atoms with Gasteiger partial charge in [0, 0.05) is 10.3 Å². The topological polar surface area (TPSA) is 12.0 Å². The van der Waals surface area contributed by atoms with Crippen molar-refractivity contribution in [3.05, 3.63) is 70.4 Å². The molecule has 0 spiro atoms. The minimum atomic E-state index is -0.144. The van der Waals surface area contributed by atoms with Crippen molar-refractivity contribution in [3.8, 4) is 0 Å². The van der Waals surface area contributed by atoms with Gasteiger partial charge in [0.2, 0.25) is 0 Å². The van der Waals surface area contributed by atoms with Gasteiger partial charge < -0.3 is 5.32 Å². The molecule has 1 N–H and O–H groups in total. The Balaban J connectivity index is 2.15. The van der Waals surface area contributed by atoms with Crippen molar-refractivity contribution in [2.24, 2.45) is 0 Å². The molecule has 1 atom stereocenters. The SMILES string of the molecule is CCNC(c1ccc(C)cc1F)c1cccc2ccsc12. The predicted octanol–water partition coefficient (Wildman–Crippen LogP) is 5.05. The fraction of sp³-hybridized carbons (Fsp3) is 0.222. The lowest BCUT2D eigenvalue weighted by molar-refractivity contribution is 0.560. The summed E-state index contributed by atoms with van der Waals surface area (Å²) in [6.07, 6.45) is 0. The van der Waals surface area contributed by atoms with Gasteiger partial charge in [-0.2, -0.15) is 0 Å². The molecular weight excluding hydrogens is 281 g/mol. The van der Waals surface area contributed by atoms with Crippen LogP contribution in [0.25, 0.3) is 10.1 Å². The first-order valence-electron chi connectivity index (χ1n) is 7.16. The Morgan fingerprint density at radius 3 is 2.76 bits per heavy atom. The van der Waals surface area contributed by atoms with Crippen LogP contribution in [0.2, 0.25) is 0 Å². The smallest absolute Gasteiger partial charge is 0.128 e. The van der Waals surface area contributed by atoms with Gasteiger partial charge in [-0.05, 0) is 47.5 Å². The Labute approximate surface area is 128 Å². The molecular formula is C18H18FNS. The molecule has 1 heterocycles. The van der Waals surface area contributed by atoms with Crippen LogP contribution in [0, 0.1) is 12.7 Å². The van der Waals surface area contributed by atoms with Crippen molar-refractivity contribution in [2.75, 3.05) is 6.54 Å². The van der Waals surface area contributed by atoms with Gasteiger partial charge in [0.05, 0.1) is 6.04 Å². The van der Waals surface area contributed by atoms with Crippen LogP contribution < -0.4 is 5.32 Å². The highest BCUT2D eigenvalue weighted by Gasteiger charge is 2.19. The summed E-state index contributed by atoms with van der Waals surface area (Å²) in [5.74, 6) is -0.144. The molecule has 21 heavy (non-hydrogen) atoms. The van der Waals surface area contributed by atoms with Crippen molar-refractivity contribution in [1.29, 1.82) is 0 Å². The highest BCUT2D eigenvalue weighted by Crippen LogP contribution is 2.33. The van der Waals surface area contributed by atoms with Gasteiger partial charge in [0.15, 0.2) is 0 Å². The third-order valence-corrected chi connectivity index (χ3v) is 4.67. The summed E-state index contributed by atoms with van der Waals surface area (Å²) in [4.78, 5) is 0. The van der Waals surface area contributed by atoms with Gasteiger partial charge in [0.1, 0.15) is 5.82 Å². The van der Waals surface area contributed by atoms with Crippen molar-refractivity contribution >= 4 is 21.4 Å². The summed E-state index contributed by atoms with van der Waals surface area (Å²) >= 11 is 1.71. The summed E-state index contributed by atoms with van der Waals surface area (Å²) in [5.41, 5.74) is 2.80. The molecule has 0 saturated heterocycles. The van der Waals surface area contributed by atoms with Crippen molar-refractivity contribution < 1.29 is 4.39 Å². The Morgan fingerprint density at radius 1 is 1.14 bits per heavy atom. The summed E-state index contributed by atoms with van der Waals surface area (Å²) < 4.78 is 15.6. The van der Waals surface area contributed by atoms with Crippen LogP contribution in [0.3, 0.4) is 0 Å². The van der Waals surface area contributed by atoms with Crippen LogP contribution in [0.4, 0.5) is 4.39 Å². The average Bonchev–Trinajstić information content (AvgIpc) is 2.94. The van der Waals surface area contributed by atoms with E-state index >= 15 is 0 Å². The van der Waals surface area contributed by atoms with Crippen LogP contribution in [0.1, 0.15) is 29.7 Å². The lowest BCUT2D eigenvalue weighted by Gasteiger charge is -2.20. The van der Waals surface area contributed by atoms with Gasteiger partial charge in [0.25, 0.3) is 0 Å². The summed E-state index contributed by atoms with van der Waals surface area (Å²) in [6.45, 7) is 4.75. The normalized spacial score (nSPS) is 12.7. The van der Waals surface area contributed by atoms with Gasteiger partial charge >= 0.3 is 0 Å². The van der Waals surface area contributed by atoms with Crippen LogP contribution >= 0.6 is 11.3 Å². The quantitative estimate of drug-likeness (QED) is 0.711. The average molecular weight is 299 g/mol. The van der Waals surface area contributed by atoms with Crippen molar-refractivity contribution in [2.45, 2.75) is 19.9 Å². The van der Waals surface area contributed by atoms with E-state index in [0.29, 0.717) is 5.56 Å². The van der Waals surface area contributed by atoms with E-state index < -0.39 is 0 Å². The molecule has 1 unspecified atom stereocenters. The molecule has 0 amide bonds. The molecule has 0 aliphatic heterocycles. The summed E-state index contributed by atoms with van der Waals surface area (Å²) in [7, 11) is 0. The second-order valence-corrected chi connectivity index (χ2v) is 6.12. The second-order valence-electron chi connectivity index (χ2n) is 5.20. The Kier molecular flexibility index (Phi) is 4.04. The number of benzene rings is 2. The molecule has 2 aromatic carbocycles. The lowest BCUT2D eigenvalue weighted by atomic mass is 9.96. The molecule has 0 aliphatic rings. The molecule has 0 radical (unpaired) electrons. The lowest BCUT2D eigenvalue weighted by Crippen LogP contribution is -2.23. The maximum Gasteiger partial charge on any atom is 0.128 e. The maximum absolute atomic E-state index is 14.4. The largest absolute Gasteiger partial charge is 0.306 e. The fourth-order valence-electron chi connectivity index (χ4n) is 2.70. The number of nitrogens with one attached hydrogen (secondary N) is 1. The zero-order chi connectivity index (χ0) is 14.8. The number of thiophene rings is 1. The standard InChI is InChI=1S/C18H18FNS/c1-3-20-17(14-8-7-12(2)11-16(14)19)15-6-4-5-13-9-10-21-18(13)15/h4-11,17,20H,3H2,1-2H3.